The van der Waals surface area contributed by atoms with Crippen molar-refractivity contribution in [2.75, 3.05) is 24.6 Å². The molecule has 0 spiro atoms. The molecule has 0 saturated carbocycles. The molecule has 2 aromatic rings. The quantitative estimate of drug-likeness (QED) is 0.814. The van der Waals surface area contributed by atoms with E-state index in [1.807, 2.05) is 4.90 Å². The molecule has 1 amide bonds. The number of aromatic nitrogens is 2. The number of nitrogens with one attached hydrogen (secondary N) is 1. The molecule has 0 bridgehead atoms. The number of ether oxygens (including phenoxy) is 1. The van der Waals surface area contributed by atoms with Gasteiger partial charge in [-0.3, -0.25) is 9.78 Å². The molecule has 1 N–H and O–H groups in total. The normalized spacial score (nSPS) is 14.6. The van der Waals surface area contributed by atoms with Gasteiger partial charge in [0.05, 0.1) is 0 Å². The van der Waals surface area contributed by atoms with Gasteiger partial charge in [0.1, 0.15) is 5.82 Å². The summed E-state index contributed by atoms with van der Waals surface area (Å²) in [4.78, 5) is 22.5. The molecule has 3 heterocycles. The van der Waals surface area contributed by atoms with Crippen molar-refractivity contribution in [1.29, 1.82) is 0 Å². The maximum absolute atomic E-state index is 12.4. The third kappa shape index (κ3) is 5.58. The highest BCUT2D eigenvalue weighted by Crippen LogP contribution is 2.26. The summed E-state index contributed by atoms with van der Waals surface area (Å²) in [5.41, 5.74) is 1.20. The number of piperidine rings is 1. The zero-order valence-corrected chi connectivity index (χ0v) is 15.2. The number of nitrogens with zero attached hydrogens (tertiary/aromatic N) is 3. The van der Waals surface area contributed by atoms with Gasteiger partial charge in [0, 0.05) is 49.2 Å². The molecule has 28 heavy (non-hydrogen) atoms. The molecule has 0 unspecified atom stereocenters. The molecule has 1 aliphatic rings. The maximum Gasteiger partial charge on any atom is 0.422 e. The second-order valence-corrected chi connectivity index (χ2v) is 6.50. The van der Waals surface area contributed by atoms with Crippen LogP contribution in [0.25, 0.3) is 0 Å². The number of rotatable bonds is 6. The standard InChI is InChI=1S/C19H21F3N4O2/c20-19(21,22)13-28-16-5-4-15(17(25-16)26-10-2-1-3-11-26)12-24-18(27)14-6-8-23-9-7-14/h4-9H,1-3,10-13H2,(H,24,27). The van der Waals surface area contributed by atoms with Crippen LogP contribution in [-0.4, -0.2) is 41.7 Å². The lowest BCUT2D eigenvalue weighted by molar-refractivity contribution is -0.154. The Bertz CT molecular complexity index is 794. The number of alkyl halides is 3. The number of carbonyl (C=O) groups is 1. The number of anilines is 1. The molecular formula is C19H21F3N4O2. The summed E-state index contributed by atoms with van der Waals surface area (Å²) in [6.45, 7) is 0.346. The van der Waals surface area contributed by atoms with Gasteiger partial charge in [-0.2, -0.15) is 18.2 Å². The number of halogens is 3. The summed E-state index contributed by atoms with van der Waals surface area (Å²) < 4.78 is 42.1. The zero-order chi connectivity index (χ0) is 20.0. The van der Waals surface area contributed by atoms with Gasteiger partial charge in [-0.25, -0.2) is 0 Å². The first-order valence-corrected chi connectivity index (χ1v) is 9.05. The first-order chi connectivity index (χ1) is 13.4. The van der Waals surface area contributed by atoms with Crippen molar-refractivity contribution in [2.45, 2.75) is 32.0 Å². The van der Waals surface area contributed by atoms with Crippen LogP contribution in [0.5, 0.6) is 5.88 Å². The van der Waals surface area contributed by atoms with Gasteiger partial charge >= 0.3 is 6.18 Å². The van der Waals surface area contributed by atoms with Crippen molar-refractivity contribution in [1.82, 2.24) is 15.3 Å². The van der Waals surface area contributed by atoms with E-state index >= 15 is 0 Å². The van der Waals surface area contributed by atoms with Crippen LogP contribution >= 0.6 is 0 Å². The van der Waals surface area contributed by atoms with E-state index in [0.29, 0.717) is 11.4 Å². The van der Waals surface area contributed by atoms with E-state index in [4.69, 9.17) is 4.74 Å². The van der Waals surface area contributed by atoms with Gasteiger partial charge in [-0.15, -0.1) is 0 Å². The second kappa shape index (κ2) is 8.90. The molecular weight excluding hydrogens is 373 g/mol. The Labute approximate surface area is 160 Å². The van der Waals surface area contributed by atoms with E-state index in [1.54, 1.807) is 18.2 Å². The SMILES string of the molecule is O=C(NCc1ccc(OCC(F)(F)F)nc1N1CCCCC1)c1ccncc1. The van der Waals surface area contributed by atoms with Crippen molar-refractivity contribution >= 4 is 11.7 Å². The predicted octanol–water partition coefficient (Wildman–Crippen LogP) is 3.34. The van der Waals surface area contributed by atoms with E-state index in [0.717, 1.165) is 37.9 Å². The number of amides is 1. The molecule has 0 radical (unpaired) electrons. The first kappa shape index (κ1) is 19.9. The summed E-state index contributed by atoms with van der Waals surface area (Å²) in [7, 11) is 0. The molecule has 0 atom stereocenters. The molecule has 3 rings (SSSR count). The number of hydrogen-bond donors (Lipinski definition) is 1. The number of pyridine rings is 2. The van der Waals surface area contributed by atoms with Crippen molar-refractivity contribution in [3.8, 4) is 5.88 Å². The topological polar surface area (TPSA) is 67.3 Å². The van der Waals surface area contributed by atoms with Gasteiger partial charge in [0.15, 0.2) is 6.61 Å². The Hall–Kier alpha value is -2.84. The lowest BCUT2D eigenvalue weighted by Gasteiger charge is -2.29. The van der Waals surface area contributed by atoms with E-state index in [9.17, 15) is 18.0 Å². The Kier molecular flexibility index (Phi) is 6.33. The zero-order valence-electron chi connectivity index (χ0n) is 15.2. The smallest absolute Gasteiger partial charge is 0.422 e. The van der Waals surface area contributed by atoms with Gasteiger partial charge in [0.2, 0.25) is 5.88 Å². The first-order valence-electron chi connectivity index (χ1n) is 9.05. The van der Waals surface area contributed by atoms with Gasteiger partial charge < -0.3 is 15.0 Å². The minimum Gasteiger partial charge on any atom is -0.468 e. The van der Waals surface area contributed by atoms with Crippen LogP contribution in [0.1, 0.15) is 35.2 Å². The van der Waals surface area contributed by atoms with Gasteiger partial charge in [-0.05, 0) is 37.5 Å². The monoisotopic (exact) mass is 394 g/mol. The molecule has 1 aliphatic heterocycles. The summed E-state index contributed by atoms with van der Waals surface area (Å²) in [5.74, 6) is 0.209. The number of hydrogen-bond acceptors (Lipinski definition) is 5. The predicted molar refractivity (Wildman–Crippen MR) is 97.3 cm³/mol. The number of carbonyl (C=O) groups excluding carboxylic acids is 1. The third-order valence-electron chi connectivity index (χ3n) is 4.35. The Balaban J connectivity index is 1.75. The highest BCUT2D eigenvalue weighted by atomic mass is 19.4. The van der Waals surface area contributed by atoms with Crippen LogP contribution in [-0.2, 0) is 6.54 Å². The summed E-state index contributed by atoms with van der Waals surface area (Å²) in [5, 5.41) is 2.82. The lowest BCUT2D eigenvalue weighted by atomic mass is 10.1. The van der Waals surface area contributed by atoms with E-state index in [1.165, 1.54) is 18.5 Å². The molecule has 2 aromatic heterocycles. The fourth-order valence-corrected chi connectivity index (χ4v) is 2.99. The Morgan fingerprint density at radius 1 is 1.11 bits per heavy atom. The van der Waals surface area contributed by atoms with Crippen molar-refractivity contribution < 1.29 is 22.7 Å². The van der Waals surface area contributed by atoms with Crippen LogP contribution < -0.4 is 15.0 Å². The average Bonchev–Trinajstić information content (AvgIpc) is 2.71. The van der Waals surface area contributed by atoms with Crippen molar-refractivity contribution in [2.24, 2.45) is 0 Å². The lowest BCUT2D eigenvalue weighted by Crippen LogP contribution is -2.32. The van der Waals surface area contributed by atoms with E-state index in [-0.39, 0.29) is 18.3 Å². The van der Waals surface area contributed by atoms with Crippen LogP contribution in [0.15, 0.2) is 36.7 Å². The molecule has 0 aromatic carbocycles. The molecule has 1 saturated heterocycles. The molecule has 150 valence electrons. The van der Waals surface area contributed by atoms with Gasteiger partial charge in [-0.1, -0.05) is 0 Å². The largest absolute Gasteiger partial charge is 0.468 e. The third-order valence-corrected chi connectivity index (χ3v) is 4.35. The molecule has 0 aliphatic carbocycles. The molecule has 6 nitrogen and oxygen atoms in total. The fraction of sp³-hybridized carbons (Fsp3) is 0.421. The van der Waals surface area contributed by atoms with Crippen molar-refractivity contribution in [3.05, 3.63) is 47.8 Å². The van der Waals surface area contributed by atoms with Crippen molar-refractivity contribution in [3.63, 3.8) is 0 Å². The Morgan fingerprint density at radius 2 is 1.82 bits per heavy atom. The molecule has 1 fully saturated rings. The summed E-state index contributed by atoms with van der Waals surface area (Å²) in [6.07, 6.45) is 1.71. The second-order valence-electron chi connectivity index (χ2n) is 6.50. The summed E-state index contributed by atoms with van der Waals surface area (Å²) >= 11 is 0. The van der Waals surface area contributed by atoms with E-state index in [2.05, 4.69) is 15.3 Å². The summed E-state index contributed by atoms with van der Waals surface area (Å²) in [6, 6.07) is 6.25. The maximum atomic E-state index is 12.4. The average molecular weight is 394 g/mol. The van der Waals surface area contributed by atoms with Crippen LogP contribution in [0, 0.1) is 0 Å². The van der Waals surface area contributed by atoms with E-state index < -0.39 is 12.8 Å². The Morgan fingerprint density at radius 3 is 2.50 bits per heavy atom. The molecule has 9 heteroatoms. The highest BCUT2D eigenvalue weighted by Gasteiger charge is 2.29. The van der Waals surface area contributed by atoms with Crippen LogP contribution in [0.4, 0.5) is 19.0 Å². The van der Waals surface area contributed by atoms with Crippen LogP contribution in [0.2, 0.25) is 0 Å². The minimum absolute atomic E-state index is 0.0814. The highest BCUT2D eigenvalue weighted by molar-refractivity contribution is 5.93. The van der Waals surface area contributed by atoms with Gasteiger partial charge in [0.25, 0.3) is 5.91 Å². The van der Waals surface area contributed by atoms with Crippen LogP contribution in [0.3, 0.4) is 0 Å². The fourth-order valence-electron chi connectivity index (χ4n) is 2.99. The minimum atomic E-state index is -4.43.